The summed E-state index contributed by atoms with van der Waals surface area (Å²) >= 11 is 0. The van der Waals surface area contributed by atoms with Gasteiger partial charge in [-0.25, -0.2) is 0 Å². The van der Waals surface area contributed by atoms with Crippen LogP contribution in [0.25, 0.3) is 0 Å². The van der Waals surface area contributed by atoms with Crippen LogP contribution in [0.1, 0.15) is 277 Å². The number of hydrogen-bond acceptors (Lipinski definition) is 8. The molecule has 1 rings (SSSR count). The molecule has 0 spiro atoms. The van der Waals surface area contributed by atoms with Crippen molar-refractivity contribution in [3.8, 4) is 0 Å². The van der Waals surface area contributed by atoms with Crippen molar-refractivity contribution in [1.29, 1.82) is 0 Å². The van der Waals surface area contributed by atoms with E-state index in [1.165, 1.54) is 205 Å². The van der Waals surface area contributed by atoms with Crippen molar-refractivity contribution in [2.45, 2.75) is 320 Å². The van der Waals surface area contributed by atoms with Gasteiger partial charge in [0.15, 0.2) is 6.29 Å². The molecule has 1 aliphatic rings. The summed E-state index contributed by atoms with van der Waals surface area (Å²) in [5, 5.41) is 54.5. The lowest BCUT2D eigenvalue weighted by molar-refractivity contribution is -0.302. The van der Waals surface area contributed by atoms with Crippen LogP contribution in [-0.2, 0) is 14.3 Å². The predicted octanol–water partition coefficient (Wildman–Crippen LogP) is 15.5. The van der Waals surface area contributed by atoms with Gasteiger partial charge in [0.25, 0.3) is 0 Å². The molecule has 0 aliphatic carbocycles. The minimum absolute atomic E-state index is 0.185. The lowest BCUT2D eigenvalue weighted by atomic mass is 9.99. The number of carbonyl (C=O) groups excluding carboxylic acids is 1. The number of carbonyl (C=O) groups is 1. The van der Waals surface area contributed by atoms with Crippen LogP contribution in [0.15, 0.2) is 60.8 Å². The molecule has 420 valence electrons. The number of unbranched alkanes of at least 4 members (excludes halogenated alkanes) is 34. The number of aliphatic hydroxyl groups excluding tert-OH is 5. The van der Waals surface area contributed by atoms with Gasteiger partial charge in [-0.3, -0.25) is 4.79 Å². The molecule has 1 aliphatic heterocycles. The van der Waals surface area contributed by atoms with Crippen molar-refractivity contribution in [2.24, 2.45) is 0 Å². The number of allylic oxidation sites excluding steroid dienone is 9. The Labute approximate surface area is 443 Å². The number of amides is 1. The third-order valence-electron chi connectivity index (χ3n) is 14.3. The molecule has 1 fully saturated rings. The minimum Gasteiger partial charge on any atom is -0.394 e. The predicted molar refractivity (Wildman–Crippen MR) is 304 cm³/mol. The van der Waals surface area contributed by atoms with E-state index in [9.17, 15) is 30.3 Å². The maximum atomic E-state index is 13.1. The highest BCUT2D eigenvalue weighted by molar-refractivity contribution is 5.76. The Bertz CT molecular complexity index is 1310. The topological polar surface area (TPSA) is 149 Å². The molecule has 72 heavy (non-hydrogen) atoms. The zero-order chi connectivity index (χ0) is 52.2. The van der Waals surface area contributed by atoms with E-state index in [1.54, 1.807) is 6.08 Å². The molecule has 0 aromatic rings. The highest BCUT2D eigenvalue weighted by Crippen LogP contribution is 2.23. The van der Waals surface area contributed by atoms with E-state index >= 15 is 0 Å². The summed E-state index contributed by atoms with van der Waals surface area (Å²) in [5.41, 5.74) is 0. The summed E-state index contributed by atoms with van der Waals surface area (Å²) in [4.78, 5) is 13.1. The molecule has 0 aromatic carbocycles. The summed E-state index contributed by atoms with van der Waals surface area (Å²) in [6.07, 6.45) is 64.5. The number of nitrogens with one attached hydrogen (secondary N) is 1. The lowest BCUT2D eigenvalue weighted by Crippen LogP contribution is -2.60. The van der Waals surface area contributed by atoms with Gasteiger partial charge in [0.2, 0.25) is 5.91 Å². The van der Waals surface area contributed by atoms with Gasteiger partial charge in [-0.2, -0.15) is 0 Å². The Morgan fingerprint density at radius 2 is 0.833 bits per heavy atom. The monoisotopic (exact) mass is 1010 g/mol. The SMILES string of the molecule is CCCCCCC/C=C\C/C=C\C/C=C\CCCCCCCCCCCCCCCCCCCCC(=O)NC(COC1OC(CO)C(O)C(O)C1O)C(O)/C=C/CC/C=C/CCCCCCCCCCCC. The molecule has 0 bridgehead atoms. The van der Waals surface area contributed by atoms with Crippen molar-refractivity contribution in [3.63, 3.8) is 0 Å². The quantitative estimate of drug-likeness (QED) is 0.0261. The van der Waals surface area contributed by atoms with Crippen LogP contribution < -0.4 is 5.32 Å². The first-order chi connectivity index (χ1) is 35.3. The molecule has 7 atom stereocenters. The van der Waals surface area contributed by atoms with Gasteiger partial charge in [-0.05, 0) is 70.6 Å². The third kappa shape index (κ3) is 41.2. The van der Waals surface area contributed by atoms with E-state index in [2.05, 4.69) is 67.8 Å². The molecule has 1 amide bonds. The Hall–Kier alpha value is -2.11. The summed E-state index contributed by atoms with van der Waals surface area (Å²) in [6, 6.07) is -0.822. The Morgan fingerprint density at radius 1 is 0.472 bits per heavy atom. The number of rotatable bonds is 52. The van der Waals surface area contributed by atoms with Crippen molar-refractivity contribution >= 4 is 5.91 Å². The minimum atomic E-state index is -1.57. The van der Waals surface area contributed by atoms with E-state index in [1.807, 2.05) is 6.08 Å². The molecular formula is C63H115NO8. The fourth-order valence-corrected chi connectivity index (χ4v) is 9.48. The van der Waals surface area contributed by atoms with Gasteiger partial charge in [-0.1, -0.05) is 261 Å². The molecular weight excluding hydrogens is 899 g/mol. The molecule has 0 radical (unpaired) electrons. The normalized spacial score (nSPS) is 19.6. The van der Waals surface area contributed by atoms with Crippen molar-refractivity contribution in [2.75, 3.05) is 13.2 Å². The average molecular weight is 1010 g/mol. The molecule has 9 nitrogen and oxygen atoms in total. The summed E-state index contributed by atoms with van der Waals surface area (Å²) in [7, 11) is 0. The summed E-state index contributed by atoms with van der Waals surface area (Å²) < 4.78 is 11.3. The van der Waals surface area contributed by atoms with Gasteiger partial charge < -0.3 is 40.3 Å². The largest absolute Gasteiger partial charge is 0.394 e. The molecule has 1 heterocycles. The molecule has 7 unspecified atom stereocenters. The van der Waals surface area contributed by atoms with Crippen LogP contribution in [0.3, 0.4) is 0 Å². The van der Waals surface area contributed by atoms with Crippen molar-refractivity contribution < 1.29 is 39.8 Å². The molecule has 1 saturated heterocycles. The van der Waals surface area contributed by atoms with Crippen LogP contribution in [0.5, 0.6) is 0 Å². The maximum Gasteiger partial charge on any atom is 0.220 e. The van der Waals surface area contributed by atoms with Crippen molar-refractivity contribution in [1.82, 2.24) is 5.32 Å². The second kappa shape index (κ2) is 52.3. The van der Waals surface area contributed by atoms with Crippen LogP contribution in [0.4, 0.5) is 0 Å². The standard InChI is InChI=1S/C63H115NO8/c1-3-5-7-9-11-13-15-17-19-21-22-23-24-25-26-27-28-29-30-31-32-33-34-35-36-37-39-41-43-45-47-49-51-53-59(67)64-56(55-71-63-62(70)61(69)60(68)58(54-65)72-63)57(66)52-50-48-46-44-42-40-38-20-18-16-14-12-10-8-6-4-2/h15,17,21-22,24-25,42,44,50,52,56-58,60-63,65-66,68-70H,3-14,16,18-20,23,26-41,43,45-49,51,53-55H2,1-2H3,(H,64,67)/b17-15-,22-21-,25-24-,44-42+,52-50+. The second-order valence-corrected chi connectivity index (χ2v) is 21.1. The Morgan fingerprint density at radius 3 is 1.26 bits per heavy atom. The van der Waals surface area contributed by atoms with Crippen molar-refractivity contribution in [3.05, 3.63) is 60.8 Å². The lowest BCUT2D eigenvalue weighted by Gasteiger charge is -2.40. The second-order valence-electron chi connectivity index (χ2n) is 21.1. The molecule has 0 saturated carbocycles. The number of ether oxygens (including phenoxy) is 2. The fourth-order valence-electron chi connectivity index (χ4n) is 9.48. The smallest absolute Gasteiger partial charge is 0.220 e. The first kappa shape index (κ1) is 67.9. The Kier molecular flexibility index (Phi) is 49.4. The zero-order valence-corrected chi connectivity index (χ0v) is 46.7. The highest BCUT2D eigenvalue weighted by Gasteiger charge is 2.44. The molecule has 6 N–H and O–H groups in total. The number of aliphatic hydroxyl groups is 5. The van der Waals surface area contributed by atoms with E-state index in [4.69, 9.17) is 9.47 Å². The van der Waals surface area contributed by atoms with Crippen LogP contribution in [-0.4, -0.2) is 87.5 Å². The van der Waals surface area contributed by atoms with E-state index in [-0.39, 0.29) is 12.5 Å². The van der Waals surface area contributed by atoms with Gasteiger partial charge in [0.1, 0.15) is 24.4 Å². The van der Waals surface area contributed by atoms with Crippen LogP contribution in [0.2, 0.25) is 0 Å². The van der Waals surface area contributed by atoms with Crippen LogP contribution >= 0.6 is 0 Å². The maximum absolute atomic E-state index is 13.1. The average Bonchev–Trinajstić information content (AvgIpc) is 3.38. The zero-order valence-electron chi connectivity index (χ0n) is 46.7. The number of hydrogen-bond donors (Lipinski definition) is 6. The van der Waals surface area contributed by atoms with Gasteiger partial charge in [-0.15, -0.1) is 0 Å². The van der Waals surface area contributed by atoms with Gasteiger partial charge >= 0.3 is 0 Å². The van der Waals surface area contributed by atoms with Gasteiger partial charge in [0, 0.05) is 6.42 Å². The molecule has 9 heteroatoms. The van der Waals surface area contributed by atoms with E-state index in [0.29, 0.717) is 6.42 Å². The Balaban J connectivity index is 2.14. The fraction of sp³-hybridized carbons (Fsp3) is 0.825. The van der Waals surface area contributed by atoms with Crippen LogP contribution in [0, 0.1) is 0 Å². The first-order valence-electron chi connectivity index (χ1n) is 30.5. The summed E-state index contributed by atoms with van der Waals surface area (Å²) in [6.45, 7) is 3.76. The third-order valence-corrected chi connectivity index (χ3v) is 14.3. The first-order valence-corrected chi connectivity index (χ1v) is 30.5. The van der Waals surface area contributed by atoms with E-state index < -0.39 is 49.5 Å². The van der Waals surface area contributed by atoms with Gasteiger partial charge in [0.05, 0.1) is 25.4 Å². The molecule has 0 aromatic heterocycles. The van der Waals surface area contributed by atoms with E-state index in [0.717, 1.165) is 51.4 Å². The highest BCUT2D eigenvalue weighted by atomic mass is 16.7. The summed E-state index contributed by atoms with van der Waals surface area (Å²) in [5.74, 6) is -0.185.